The predicted octanol–water partition coefficient (Wildman–Crippen LogP) is 6.98. The number of carbonyl (C=O) groups is 2. The average Bonchev–Trinajstić information content (AvgIpc) is 3.40. The first-order valence-electron chi connectivity index (χ1n) is 13.4. The Kier molecular flexibility index (Phi) is 7.17. The number of ether oxygens (including phenoxy) is 1. The Morgan fingerprint density at radius 3 is 2.56 bits per heavy atom. The Labute approximate surface area is 218 Å². The van der Waals surface area contributed by atoms with Crippen LogP contribution in [0.3, 0.4) is 0 Å². The highest BCUT2D eigenvalue weighted by atomic mass is 35.5. The van der Waals surface area contributed by atoms with Crippen molar-refractivity contribution in [3.63, 3.8) is 0 Å². The van der Waals surface area contributed by atoms with Crippen LogP contribution in [-0.2, 0) is 14.3 Å². The molecule has 3 atom stereocenters. The van der Waals surface area contributed by atoms with E-state index >= 15 is 0 Å². The third-order valence-corrected chi connectivity index (χ3v) is 8.66. The first kappa shape index (κ1) is 25.3. The zero-order chi connectivity index (χ0) is 25.6. The molecule has 0 aliphatic heterocycles. The van der Waals surface area contributed by atoms with Gasteiger partial charge in [-0.15, -0.1) is 0 Å². The minimum Gasteiger partial charge on any atom is -0.469 e. The summed E-state index contributed by atoms with van der Waals surface area (Å²) >= 11 is 6.40. The number of anilines is 1. The summed E-state index contributed by atoms with van der Waals surface area (Å²) in [6, 6.07) is 5.58. The Hall–Kier alpha value is -2.34. The molecule has 0 spiro atoms. The van der Waals surface area contributed by atoms with Crippen LogP contribution in [-0.4, -0.2) is 24.1 Å². The average molecular weight is 513 g/mol. The number of hydrogen-bond donors (Lipinski definition) is 1. The van der Waals surface area contributed by atoms with Crippen LogP contribution in [0, 0.1) is 30.6 Å². The summed E-state index contributed by atoms with van der Waals surface area (Å²) in [6.45, 7) is 6.52. The Morgan fingerprint density at radius 2 is 1.92 bits per heavy atom. The van der Waals surface area contributed by atoms with Crippen LogP contribution in [0.5, 0.6) is 0 Å². The molecule has 0 radical (unpaired) electrons. The number of aryl methyl sites for hydroxylation is 1. The molecule has 0 saturated heterocycles. The van der Waals surface area contributed by atoms with Crippen LogP contribution >= 0.6 is 11.6 Å². The molecule has 2 aromatic rings. The number of nitrogens with zero attached hydrogens (tertiary/aromatic N) is 1. The number of hydrogen-bond acceptors (Lipinski definition) is 5. The minimum absolute atomic E-state index is 0.135. The maximum Gasteiger partial charge on any atom is 0.308 e. The van der Waals surface area contributed by atoms with Gasteiger partial charge >= 0.3 is 5.97 Å². The summed E-state index contributed by atoms with van der Waals surface area (Å²) in [4.78, 5) is 26.1. The van der Waals surface area contributed by atoms with Gasteiger partial charge in [0.25, 0.3) is 0 Å². The second kappa shape index (κ2) is 10.2. The number of amides is 1. The largest absolute Gasteiger partial charge is 0.469 e. The maximum atomic E-state index is 13.6. The summed E-state index contributed by atoms with van der Waals surface area (Å²) < 4.78 is 11.1. The number of benzene rings is 1. The molecule has 5 rings (SSSR count). The smallest absolute Gasteiger partial charge is 0.308 e. The lowest BCUT2D eigenvalue weighted by molar-refractivity contribution is -0.145. The molecule has 3 aliphatic carbocycles. The molecule has 1 aromatic heterocycles. The second-order valence-electron chi connectivity index (χ2n) is 11.7. The lowest BCUT2D eigenvalue weighted by Crippen LogP contribution is -2.26. The lowest BCUT2D eigenvalue weighted by atomic mass is 9.69. The fraction of sp³-hybridized carbons (Fsp3) is 0.621. The van der Waals surface area contributed by atoms with Gasteiger partial charge < -0.3 is 14.6 Å². The van der Waals surface area contributed by atoms with E-state index in [1.165, 1.54) is 19.1 Å². The van der Waals surface area contributed by atoms with E-state index in [1.807, 2.05) is 25.1 Å². The van der Waals surface area contributed by atoms with Gasteiger partial charge in [0.1, 0.15) is 5.76 Å². The van der Waals surface area contributed by atoms with Gasteiger partial charge in [-0.2, -0.15) is 0 Å². The van der Waals surface area contributed by atoms with E-state index < -0.39 is 5.92 Å². The molecule has 3 fully saturated rings. The molecule has 1 amide bonds. The number of esters is 1. The molecule has 194 valence electrons. The zero-order valence-electron chi connectivity index (χ0n) is 21.7. The van der Waals surface area contributed by atoms with Gasteiger partial charge in [-0.1, -0.05) is 36.7 Å². The van der Waals surface area contributed by atoms with Gasteiger partial charge in [0.15, 0.2) is 0 Å². The monoisotopic (exact) mass is 512 g/mol. The zero-order valence-corrected chi connectivity index (χ0v) is 22.4. The minimum atomic E-state index is -0.406. The van der Waals surface area contributed by atoms with E-state index in [9.17, 15) is 9.59 Å². The van der Waals surface area contributed by atoms with Gasteiger partial charge in [0.05, 0.1) is 29.4 Å². The Balaban J connectivity index is 1.41. The summed E-state index contributed by atoms with van der Waals surface area (Å²) in [5.41, 5.74) is 3.73. The van der Waals surface area contributed by atoms with E-state index in [1.54, 1.807) is 0 Å². The third kappa shape index (κ3) is 5.06. The molecule has 1 aromatic carbocycles. The third-order valence-electron chi connectivity index (χ3n) is 8.35. The highest BCUT2D eigenvalue weighted by Crippen LogP contribution is 2.55. The van der Waals surface area contributed by atoms with Crippen molar-refractivity contribution >= 4 is 29.2 Å². The van der Waals surface area contributed by atoms with Crippen molar-refractivity contribution < 1.29 is 18.8 Å². The first-order valence-corrected chi connectivity index (χ1v) is 13.8. The predicted molar refractivity (Wildman–Crippen MR) is 139 cm³/mol. The summed E-state index contributed by atoms with van der Waals surface area (Å²) in [5, 5.41) is 8.12. The molecular weight excluding hydrogens is 476 g/mol. The molecule has 1 heterocycles. The number of aromatic nitrogens is 1. The van der Waals surface area contributed by atoms with Crippen molar-refractivity contribution in [2.24, 2.45) is 23.7 Å². The molecular formula is C29H37ClN2O4. The maximum absolute atomic E-state index is 13.6. The van der Waals surface area contributed by atoms with Gasteiger partial charge in [-0.25, -0.2) is 0 Å². The van der Waals surface area contributed by atoms with Crippen molar-refractivity contribution in [2.75, 3.05) is 12.4 Å². The van der Waals surface area contributed by atoms with Gasteiger partial charge in [0.2, 0.25) is 5.91 Å². The standard InChI is InChI=1S/C29H37ClN2O4/c1-15(2)9-17-11-19(12-17)27-25(18-6-7-18)26(32-36-27)21-13-20(29(34)35-4)14-22(21)28(33)31-24-8-5-16(3)10-23(24)30/h5,8,10,15,17-22H,6-7,9,11-14H2,1-4H3,(H,31,33)/t17?,19?,20-,21+,22+/m1/s1. The van der Waals surface area contributed by atoms with Crippen LogP contribution in [0.25, 0.3) is 0 Å². The van der Waals surface area contributed by atoms with Crippen molar-refractivity contribution in [3.8, 4) is 0 Å². The summed E-state index contributed by atoms with van der Waals surface area (Å²) in [6.07, 6.45) is 6.79. The van der Waals surface area contributed by atoms with E-state index in [0.29, 0.717) is 41.3 Å². The summed E-state index contributed by atoms with van der Waals surface area (Å²) in [7, 11) is 1.41. The SMILES string of the molecule is COC(=O)[C@H]1C[C@H](C(=O)Nc2ccc(C)cc2Cl)[C@@H](c2noc(C3CC(CC(C)C)C3)c2C2CC2)C1. The van der Waals surface area contributed by atoms with Crippen LogP contribution in [0.1, 0.15) is 99.1 Å². The van der Waals surface area contributed by atoms with Crippen LogP contribution in [0.4, 0.5) is 5.69 Å². The highest BCUT2D eigenvalue weighted by Gasteiger charge is 2.48. The fourth-order valence-electron chi connectivity index (χ4n) is 6.41. The second-order valence-corrected chi connectivity index (χ2v) is 12.1. The van der Waals surface area contributed by atoms with E-state index in [0.717, 1.165) is 48.6 Å². The molecule has 6 nitrogen and oxygen atoms in total. The van der Waals surface area contributed by atoms with Gasteiger partial charge in [0, 0.05) is 23.3 Å². The molecule has 3 aliphatic rings. The van der Waals surface area contributed by atoms with E-state index in [-0.39, 0.29) is 23.7 Å². The van der Waals surface area contributed by atoms with Crippen molar-refractivity contribution in [3.05, 3.63) is 45.8 Å². The fourth-order valence-corrected chi connectivity index (χ4v) is 6.69. The van der Waals surface area contributed by atoms with Crippen LogP contribution < -0.4 is 5.32 Å². The van der Waals surface area contributed by atoms with E-state index in [4.69, 9.17) is 20.9 Å². The lowest BCUT2D eigenvalue weighted by Gasteiger charge is -2.35. The van der Waals surface area contributed by atoms with Gasteiger partial charge in [-0.05, 0) is 87.3 Å². The van der Waals surface area contributed by atoms with Crippen molar-refractivity contribution in [1.82, 2.24) is 5.16 Å². The number of halogens is 1. The molecule has 0 bridgehead atoms. The van der Waals surface area contributed by atoms with Crippen molar-refractivity contribution in [2.45, 2.75) is 83.5 Å². The van der Waals surface area contributed by atoms with Crippen LogP contribution in [0.15, 0.2) is 22.7 Å². The number of carbonyl (C=O) groups excluding carboxylic acids is 2. The molecule has 7 heteroatoms. The molecule has 1 N–H and O–H groups in total. The first-order chi connectivity index (χ1) is 17.2. The Bertz CT molecular complexity index is 1130. The van der Waals surface area contributed by atoms with E-state index in [2.05, 4.69) is 24.3 Å². The topological polar surface area (TPSA) is 81.4 Å². The summed E-state index contributed by atoms with van der Waals surface area (Å²) in [5.74, 6) is 2.04. The molecule has 3 saturated carbocycles. The normalized spacial score (nSPS) is 27.7. The van der Waals surface area contributed by atoms with Crippen molar-refractivity contribution in [1.29, 1.82) is 0 Å². The highest BCUT2D eigenvalue weighted by molar-refractivity contribution is 6.33. The number of methoxy groups -OCH3 is 1. The van der Waals surface area contributed by atoms with Crippen LogP contribution in [0.2, 0.25) is 5.02 Å². The number of rotatable bonds is 8. The Morgan fingerprint density at radius 1 is 1.17 bits per heavy atom. The van der Waals surface area contributed by atoms with Gasteiger partial charge in [-0.3, -0.25) is 9.59 Å². The molecule has 0 unspecified atom stereocenters. The number of nitrogens with one attached hydrogen (secondary N) is 1. The quantitative estimate of drug-likeness (QED) is 0.386. The molecule has 36 heavy (non-hydrogen) atoms.